The smallest absolute Gasteiger partial charge is 0.0548 e. The van der Waals surface area contributed by atoms with E-state index in [2.05, 4.69) is 55.9 Å². The van der Waals surface area contributed by atoms with E-state index in [-0.39, 0.29) is 0 Å². The summed E-state index contributed by atoms with van der Waals surface area (Å²) in [5, 5.41) is 4.76. The first-order valence-corrected chi connectivity index (χ1v) is 8.00. The molecule has 1 heterocycles. The molecule has 2 heteroatoms. The summed E-state index contributed by atoms with van der Waals surface area (Å²) >= 11 is 0. The van der Waals surface area contributed by atoms with Gasteiger partial charge >= 0.3 is 0 Å². The lowest BCUT2D eigenvalue weighted by Crippen LogP contribution is -2.18. The van der Waals surface area contributed by atoms with E-state index in [9.17, 15) is 0 Å². The van der Waals surface area contributed by atoms with Crippen molar-refractivity contribution in [3.8, 4) is 0 Å². The van der Waals surface area contributed by atoms with Crippen molar-refractivity contribution < 1.29 is 0 Å². The molecule has 21 heavy (non-hydrogen) atoms. The van der Waals surface area contributed by atoms with Crippen LogP contribution < -0.4 is 5.32 Å². The van der Waals surface area contributed by atoms with Gasteiger partial charge in [-0.25, -0.2) is 0 Å². The Labute approximate surface area is 128 Å². The maximum absolute atomic E-state index is 4.16. The molecule has 2 nitrogen and oxygen atoms in total. The van der Waals surface area contributed by atoms with Crippen LogP contribution in [0, 0.1) is 19.3 Å². The van der Waals surface area contributed by atoms with Gasteiger partial charge in [-0.3, -0.25) is 0 Å². The van der Waals surface area contributed by atoms with Crippen molar-refractivity contribution in [2.24, 2.45) is 5.41 Å². The first-order valence-electron chi connectivity index (χ1n) is 8.00. The Balaban J connectivity index is 0.000000774. The molecule has 1 saturated carbocycles. The van der Waals surface area contributed by atoms with E-state index in [1.807, 2.05) is 13.8 Å². The summed E-state index contributed by atoms with van der Waals surface area (Å²) in [5.74, 6) is 0. The summed E-state index contributed by atoms with van der Waals surface area (Å²) in [7, 11) is 0. The van der Waals surface area contributed by atoms with Gasteiger partial charge in [0.05, 0.1) is 6.54 Å². The lowest BCUT2D eigenvalue weighted by atomic mass is 10.1. The van der Waals surface area contributed by atoms with Crippen LogP contribution in [0.25, 0.3) is 10.9 Å². The van der Waals surface area contributed by atoms with E-state index < -0.39 is 0 Å². The number of aryl methyl sites for hydroxylation is 2. The van der Waals surface area contributed by atoms with Crippen LogP contribution in [0.5, 0.6) is 0 Å². The fourth-order valence-corrected chi connectivity index (χ4v) is 2.46. The molecule has 0 unspecified atom stereocenters. The van der Waals surface area contributed by atoms with Crippen LogP contribution in [0.4, 0.5) is 0 Å². The highest BCUT2D eigenvalue weighted by Crippen LogP contribution is 2.49. The van der Waals surface area contributed by atoms with Crippen molar-refractivity contribution in [2.45, 2.75) is 54.0 Å². The zero-order valence-electron chi connectivity index (χ0n) is 14.1. The number of H-pyrrole nitrogens is 1. The van der Waals surface area contributed by atoms with Gasteiger partial charge in [-0.15, -0.1) is 0 Å². The summed E-state index contributed by atoms with van der Waals surface area (Å²) in [6.45, 7) is 15.6. The molecular formula is C19H28N2. The minimum absolute atomic E-state index is 0.346. The van der Waals surface area contributed by atoms with Gasteiger partial charge in [0.25, 0.3) is 0 Å². The van der Waals surface area contributed by atoms with Gasteiger partial charge < -0.3 is 10.3 Å². The summed E-state index contributed by atoms with van der Waals surface area (Å²) in [4.78, 5) is 3.49. The van der Waals surface area contributed by atoms with Crippen molar-refractivity contribution in [3.05, 3.63) is 47.3 Å². The highest BCUT2D eigenvalue weighted by Gasteiger charge is 2.39. The number of aromatic nitrogens is 1. The second-order valence-corrected chi connectivity index (χ2v) is 6.21. The Kier molecular flexibility index (Phi) is 4.46. The van der Waals surface area contributed by atoms with Crippen LogP contribution in [0.2, 0.25) is 0 Å². The van der Waals surface area contributed by atoms with Crippen LogP contribution in [0.15, 0.2) is 30.5 Å². The third-order valence-corrected chi connectivity index (χ3v) is 4.51. The van der Waals surface area contributed by atoms with Gasteiger partial charge in [0.15, 0.2) is 0 Å². The average molecular weight is 284 g/mol. The van der Waals surface area contributed by atoms with Gasteiger partial charge in [-0.1, -0.05) is 27.4 Å². The fourth-order valence-electron chi connectivity index (χ4n) is 2.46. The molecule has 1 aliphatic carbocycles. The van der Waals surface area contributed by atoms with Gasteiger partial charge in [-0.2, -0.15) is 0 Å². The summed E-state index contributed by atoms with van der Waals surface area (Å²) in [6.07, 6.45) is 2.54. The lowest BCUT2D eigenvalue weighted by molar-refractivity contribution is 0.598. The Bertz CT molecular complexity index is 606. The minimum atomic E-state index is 0.346. The fraction of sp³-hybridized carbons (Fsp3) is 0.474. The molecule has 1 aromatic heterocycles. The number of hydrogen-bond donors (Lipinski definition) is 2. The molecule has 0 atom stereocenters. The Morgan fingerprint density at radius 2 is 1.81 bits per heavy atom. The normalized spacial score (nSPS) is 15.3. The zero-order valence-corrected chi connectivity index (χ0v) is 14.1. The molecule has 1 fully saturated rings. The van der Waals surface area contributed by atoms with Crippen molar-refractivity contribution in [3.63, 3.8) is 0 Å². The van der Waals surface area contributed by atoms with Crippen molar-refractivity contribution in [1.29, 1.82) is 0 Å². The van der Waals surface area contributed by atoms with Gasteiger partial charge in [0, 0.05) is 22.3 Å². The van der Waals surface area contributed by atoms with Crippen molar-refractivity contribution in [2.75, 3.05) is 0 Å². The SMILES string of the molecule is C=C(NCc1cc2cc(C)c(C)cc2[nH]1)C1(C)CC1.CC. The van der Waals surface area contributed by atoms with E-state index in [4.69, 9.17) is 0 Å². The summed E-state index contributed by atoms with van der Waals surface area (Å²) in [5.41, 5.74) is 6.66. The number of nitrogens with one attached hydrogen (secondary N) is 2. The van der Waals surface area contributed by atoms with Gasteiger partial charge in [-0.05, 0) is 61.4 Å². The predicted octanol–water partition coefficient (Wildman–Crippen LogP) is 5.21. The van der Waals surface area contributed by atoms with E-state index in [0.717, 1.165) is 6.54 Å². The molecule has 1 aliphatic rings. The monoisotopic (exact) mass is 284 g/mol. The Hall–Kier alpha value is -1.70. The minimum Gasteiger partial charge on any atom is -0.383 e. The van der Waals surface area contributed by atoms with Crippen molar-refractivity contribution >= 4 is 10.9 Å². The number of allylic oxidation sites excluding steroid dienone is 1. The van der Waals surface area contributed by atoms with E-state index in [1.54, 1.807) is 0 Å². The molecule has 0 bridgehead atoms. The summed E-state index contributed by atoms with van der Waals surface area (Å²) < 4.78 is 0. The molecule has 0 saturated heterocycles. The highest BCUT2D eigenvalue weighted by molar-refractivity contribution is 5.82. The zero-order chi connectivity index (χ0) is 15.6. The molecule has 2 aromatic rings. The predicted molar refractivity (Wildman–Crippen MR) is 92.4 cm³/mol. The lowest BCUT2D eigenvalue weighted by Gasteiger charge is -2.14. The number of fused-ring (bicyclic) bond motifs is 1. The second-order valence-electron chi connectivity index (χ2n) is 6.21. The number of benzene rings is 1. The van der Waals surface area contributed by atoms with Crippen LogP contribution >= 0.6 is 0 Å². The molecule has 0 spiro atoms. The first kappa shape index (κ1) is 15.7. The number of hydrogen-bond acceptors (Lipinski definition) is 1. The van der Waals surface area contributed by atoms with Crippen LogP contribution in [-0.2, 0) is 6.54 Å². The van der Waals surface area contributed by atoms with Crippen LogP contribution in [-0.4, -0.2) is 4.98 Å². The number of aromatic amines is 1. The standard InChI is InChI=1S/C17H22N2.C2H6/c1-11-7-14-9-15(19-16(14)8-12(11)2)10-18-13(3)17(4)5-6-17;1-2/h7-9,18-19H,3,5-6,10H2,1-2,4H3;1-2H3. The average Bonchev–Trinajstić information content (AvgIpc) is 3.11. The van der Waals surface area contributed by atoms with Gasteiger partial charge in [0.2, 0.25) is 0 Å². The van der Waals surface area contributed by atoms with Crippen molar-refractivity contribution in [1.82, 2.24) is 10.3 Å². The van der Waals surface area contributed by atoms with E-state index >= 15 is 0 Å². The Morgan fingerprint density at radius 1 is 1.19 bits per heavy atom. The van der Waals surface area contributed by atoms with Gasteiger partial charge in [0.1, 0.15) is 0 Å². The first-order chi connectivity index (χ1) is 9.98. The van der Waals surface area contributed by atoms with Crippen LogP contribution in [0.3, 0.4) is 0 Å². The third-order valence-electron chi connectivity index (χ3n) is 4.51. The maximum atomic E-state index is 4.16. The molecule has 0 radical (unpaired) electrons. The molecule has 114 valence electrons. The van der Waals surface area contributed by atoms with E-state index in [1.165, 1.54) is 46.3 Å². The quantitative estimate of drug-likeness (QED) is 0.792. The summed E-state index contributed by atoms with van der Waals surface area (Å²) in [6, 6.07) is 6.71. The molecule has 3 rings (SSSR count). The maximum Gasteiger partial charge on any atom is 0.0548 e. The van der Waals surface area contributed by atoms with E-state index in [0.29, 0.717) is 5.41 Å². The molecular weight excluding hydrogens is 256 g/mol. The molecule has 2 N–H and O–H groups in total. The molecule has 0 amide bonds. The number of rotatable bonds is 4. The second kappa shape index (κ2) is 5.97. The molecule has 1 aromatic carbocycles. The largest absolute Gasteiger partial charge is 0.383 e. The Morgan fingerprint density at radius 3 is 2.43 bits per heavy atom. The topological polar surface area (TPSA) is 27.8 Å². The van der Waals surface area contributed by atoms with Crippen LogP contribution in [0.1, 0.15) is 50.4 Å². The third kappa shape index (κ3) is 3.31. The highest BCUT2D eigenvalue weighted by atomic mass is 14.9. The molecule has 0 aliphatic heterocycles.